The average molecular weight is 306 g/mol. The largest absolute Gasteiger partial charge is 0.352 e. The van der Waals surface area contributed by atoms with Crippen molar-refractivity contribution >= 4 is 28.4 Å². The van der Waals surface area contributed by atoms with E-state index in [-0.39, 0.29) is 24.1 Å². The van der Waals surface area contributed by atoms with Crippen molar-refractivity contribution in [2.24, 2.45) is 0 Å². The fourth-order valence-corrected chi connectivity index (χ4v) is 2.45. The lowest BCUT2D eigenvalue weighted by molar-refractivity contribution is -0.121. The third-order valence-corrected chi connectivity index (χ3v) is 3.69. The molecular formula is C15H16ClN3O2. The number of rotatable bonds is 4. The SMILES string of the molecule is CC(Cl)c1nc2ccccc2c(=O)n1CC(=O)NC1CC1. The molecule has 6 heteroatoms. The van der Waals surface area contributed by atoms with E-state index in [1.807, 2.05) is 6.07 Å². The molecule has 1 saturated carbocycles. The number of para-hydroxylation sites is 1. The lowest BCUT2D eigenvalue weighted by Gasteiger charge is -2.14. The summed E-state index contributed by atoms with van der Waals surface area (Å²) in [7, 11) is 0. The molecule has 1 atom stereocenters. The van der Waals surface area contributed by atoms with E-state index in [2.05, 4.69) is 10.3 Å². The minimum absolute atomic E-state index is 0.0421. The number of hydrogen-bond acceptors (Lipinski definition) is 3. The van der Waals surface area contributed by atoms with E-state index >= 15 is 0 Å². The Morgan fingerprint density at radius 1 is 1.48 bits per heavy atom. The Bertz CT molecular complexity index is 750. The molecule has 1 heterocycles. The summed E-state index contributed by atoms with van der Waals surface area (Å²) in [5.74, 6) is 0.251. The number of hydrogen-bond donors (Lipinski definition) is 1. The molecule has 1 aliphatic rings. The van der Waals surface area contributed by atoms with Gasteiger partial charge in [0.15, 0.2) is 0 Å². The number of halogens is 1. The van der Waals surface area contributed by atoms with Gasteiger partial charge in [-0.25, -0.2) is 4.98 Å². The molecule has 2 aromatic rings. The van der Waals surface area contributed by atoms with Crippen molar-refractivity contribution < 1.29 is 4.79 Å². The molecule has 3 rings (SSSR count). The topological polar surface area (TPSA) is 64.0 Å². The standard InChI is InChI=1S/C15H16ClN3O2/c1-9(16)14-18-12-5-3-2-4-11(12)15(21)19(14)8-13(20)17-10-6-7-10/h2-5,9-10H,6-8H2,1H3,(H,17,20). The summed E-state index contributed by atoms with van der Waals surface area (Å²) in [6.45, 7) is 1.70. The number of benzene rings is 1. The first-order valence-corrected chi connectivity index (χ1v) is 7.43. The maximum atomic E-state index is 12.6. The molecule has 1 N–H and O–H groups in total. The molecule has 1 aromatic heterocycles. The molecule has 1 fully saturated rings. The van der Waals surface area contributed by atoms with Crippen LogP contribution in [0.25, 0.3) is 10.9 Å². The van der Waals surface area contributed by atoms with Gasteiger partial charge < -0.3 is 5.32 Å². The third kappa shape index (κ3) is 2.93. The van der Waals surface area contributed by atoms with Crippen LogP contribution >= 0.6 is 11.6 Å². The van der Waals surface area contributed by atoms with Gasteiger partial charge in [0.2, 0.25) is 5.91 Å². The monoisotopic (exact) mass is 305 g/mol. The van der Waals surface area contributed by atoms with E-state index in [1.54, 1.807) is 25.1 Å². The van der Waals surface area contributed by atoms with E-state index in [0.29, 0.717) is 16.7 Å². The van der Waals surface area contributed by atoms with Gasteiger partial charge >= 0.3 is 0 Å². The predicted octanol–water partition coefficient (Wildman–Crippen LogP) is 1.97. The Hall–Kier alpha value is -1.88. The molecule has 21 heavy (non-hydrogen) atoms. The summed E-state index contributed by atoms with van der Waals surface area (Å²) in [6.07, 6.45) is 2.02. The van der Waals surface area contributed by atoms with Gasteiger partial charge in [-0.05, 0) is 31.9 Å². The van der Waals surface area contributed by atoms with Crippen LogP contribution in [0.5, 0.6) is 0 Å². The number of aromatic nitrogens is 2. The van der Waals surface area contributed by atoms with Crippen molar-refractivity contribution in [2.75, 3.05) is 0 Å². The highest BCUT2D eigenvalue weighted by molar-refractivity contribution is 6.20. The second-order valence-corrected chi connectivity index (χ2v) is 5.99. The molecule has 0 aliphatic heterocycles. The molecule has 1 amide bonds. The fraction of sp³-hybridized carbons (Fsp3) is 0.400. The van der Waals surface area contributed by atoms with Crippen LogP contribution in [0.2, 0.25) is 0 Å². The van der Waals surface area contributed by atoms with E-state index in [0.717, 1.165) is 12.8 Å². The van der Waals surface area contributed by atoms with Crippen LogP contribution in [0.4, 0.5) is 0 Å². The molecule has 110 valence electrons. The fourth-order valence-electron chi connectivity index (χ4n) is 2.29. The van der Waals surface area contributed by atoms with Gasteiger partial charge in [-0.1, -0.05) is 12.1 Å². The molecule has 1 aliphatic carbocycles. The van der Waals surface area contributed by atoms with Gasteiger partial charge in [-0.2, -0.15) is 0 Å². The number of nitrogens with one attached hydrogen (secondary N) is 1. The Labute approximate surface area is 126 Å². The first-order chi connectivity index (χ1) is 10.1. The van der Waals surface area contributed by atoms with Crippen molar-refractivity contribution in [1.82, 2.24) is 14.9 Å². The molecule has 0 radical (unpaired) electrons. The predicted molar refractivity (Wildman–Crippen MR) is 81.4 cm³/mol. The molecule has 0 spiro atoms. The highest BCUT2D eigenvalue weighted by Gasteiger charge is 2.24. The van der Waals surface area contributed by atoms with Crippen LogP contribution < -0.4 is 10.9 Å². The second kappa shape index (κ2) is 5.48. The van der Waals surface area contributed by atoms with E-state index in [1.165, 1.54) is 4.57 Å². The average Bonchev–Trinajstić information content (AvgIpc) is 3.25. The Morgan fingerprint density at radius 2 is 2.19 bits per heavy atom. The van der Waals surface area contributed by atoms with Crippen molar-refractivity contribution in [1.29, 1.82) is 0 Å². The number of fused-ring (bicyclic) bond motifs is 1. The smallest absolute Gasteiger partial charge is 0.261 e. The first kappa shape index (κ1) is 14.1. The summed E-state index contributed by atoms with van der Waals surface area (Å²) < 4.78 is 1.37. The molecular weight excluding hydrogens is 290 g/mol. The highest BCUT2D eigenvalue weighted by Crippen LogP contribution is 2.20. The van der Waals surface area contributed by atoms with E-state index < -0.39 is 5.38 Å². The van der Waals surface area contributed by atoms with Crippen molar-refractivity contribution in [3.8, 4) is 0 Å². The third-order valence-electron chi connectivity index (χ3n) is 3.49. The van der Waals surface area contributed by atoms with E-state index in [4.69, 9.17) is 11.6 Å². The minimum Gasteiger partial charge on any atom is -0.352 e. The van der Waals surface area contributed by atoms with Gasteiger partial charge in [0, 0.05) is 6.04 Å². The van der Waals surface area contributed by atoms with Gasteiger partial charge in [-0.15, -0.1) is 11.6 Å². The summed E-state index contributed by atoms with van der Waals surface area (Å²) in [5, 5.41) is 2.92. The lowest BCUT2D eigenvalue weighted by atomic mass is 10.2. The van der Waals surface area contributed by atoms with Crippen LogP contribution in [-0.4, -0.2) is 21.5 Å². The lowest BCUT2D eigenvalue weighted by Crippen LogP contribution is -2.35. The zero-order chi connectivity index (χ0) is 15.0. The van der Waals surface area contributed by atoms with Crippen LogP contribution in [0.3, 0.4) is 0 Å². The van der Waals surface area contributed by atoms with Gasteiger partial charge in [0.1, 0.15) is 12.4 Å². The number of alkyl halides is 1. The molecule has 0 saturated heterocycles. The van der Waals surface area contributed by atoms with Gasteiger partial charge in [-0.3, -0.25) is 14.2 Å². The number of amides is 1. The van der Waals surface area contributed by atoms with Crippen molar-refractivity contribution in [3.05, 3.63) is 40.4 Å². The summed E-state index contributed by atoms with van der Waals surface area (Å²) in [4.78, 5) is 29.0. The maximum Gasteiger partial charge on any atom is 0.261 e. The summed E-state index contributed by atoms with van der Waals surface area (Å²) >= 11 is 6.13. The zero-order valence-corrected chi connectivity index (χ0v) is 12.4. The number of nitrogens with zero attached hydrogens (tertiary/aromatic N) is 2. The highest BCUT2D eigenvalue weighted by atomic mass is 35.5. The molecule has 0 bridgehead atoms. The van der Waals surface area contributed by atoms with Crippen LogP contribution in [0, 0.1) is 0 Å². The van der Waals surface area contributed by atoms with Crippen molar-refractivity contribution in [3.63, 3.8) is 0 Å². The number of carbonyl (C=O) groups excluding carboxylic acids is 1. The normalized spacial score (nSPS) is 15.9. The summed E-state index contributed by atoms with van der Waals surface area (Å²) in [6, 6.07) is 7.35. The Morgan fingerprint density at radius 3 is 2.86 bits per heavy atom. The van der Waals surface area contributed by atoms with Gasteiger partial charge in [0.05, 0.1) is 16.3 Å². The second-order valence-electron chi connectivity index (χ2n) is 5.34. The Balaban J connectivity index is 2.05. The Kier molecular flexibility index (Phi) is 3.68. The van der Waals surface area contributed by atoms with E-state index in [9.17, 15) is 9.59 Å². The first-order valence-electron chi connectivity index (χ1n) is 6.99. The zero-order valence-electron chi connectivity index (χ0n) is 11.7. The van der Waals surface area contributed by atoms with Crippen LogP contribution in [0.15, 0.2) is 29.1 Å². The minimum atomic E-state index is -0.448. The van der Waals surface area contributed by atoms with Crippen LogP contribution in [-0.2, 0) is 11.3 Å². The molecule has 5 nitrogen and oxygen atoms in total. The molecule has 1 aromatic carbocycles. The summed E-state index contributed by atoms with van der Waals surface area (Å²) in [5.41, 5.74) is 0.373. The van der Waals surface area contributed by atoms with Gasteiger partial charge in [0.25, 0.3) is 5.56 Å². The maximum absolute atomic E-state index is 12.6. The van der Waals surface area contributed by atoms with Crippen LogP contribution in [0.1, 0.15) is 31.0 Å². The number of carbonyl (C=O) groups is 1. The molecule has 1 unspecified atom stereocenters. The quantitative estimate of drug-likeness (QED) is 0.878. The van der Waals surface area contributed by atoms with Crippen molar-refractivity contribution in [2.45, 2.75) is 37.7 Å².